The Labute approximate surface area is 188 Å². The van der Waals surface area contributed by atoms with Gasteiger partial charge >= 0.3 is 0 Å². The molecule has 0 aromatic rings. The van der Waals surface area contributed by atoms with Gasteiger partial charge in [-0.25, -0.2) is 0 Å². The zero-order valence-corrected chi connectivity index (χ0v) is 21.3. The molecule has 0 N–H and O–H groups in total. The van der Waals surface area contributed by atoms with Crippen LogP contribution in [0.5, 0.6) is 0 Å². The molecule has 0 aliphatic heterocycles. The SMILES string of the molecule is CCCCCCCCC(CCC1=CCCCC1)C(OC(C)C)(OC(C)C)OC(C)C. The molecule has 1 unspecified atom stereocenters. The van der Waals surface area contributed by atoms with Gasteiger partial charge in [-0.05, 0) is 86.5 Å². The highest BCUT2D eigenvalue weighted by Gasteiger charge is 2.44. The van der Waals surface area contributed by atoms with Crippen molar-refractivity contribution in [2.45, 2.75) is 156 Å². The maximum absolute atomic E-state index is 6.49. The summed E-state index contributed by atoms with van der Waals surface area (Å²) in [6.07, 6.45) is 19.0. The molecule has 0 radical (unpaired) electrons. The minimum Gasteiger partial charge on any atom is -0.324 e. The Bertz CT molecular complexity index is 426. The van der Waals surface area contributed by atoms with Gasteiger partial charge in [0.2, 0.25) is 0 Å². The lowest BCUT2D eigenvalue weighted by atomic mass is 9.88. The number of rotatable bonds is 17. The fraction of sp³-hybridized carbons (Fsp3) is 0.926. The average Bonchev–Trinajstić information content (AvgIpc) is 2.65. The van der Waals surface area contributed by atoms with Crippen molar-refractivity contribution in [1.82, 2.24) is 0 Å². The number of allylic oxidation sites excluding steroid dienone is 2. The van der Waals surface area contributed by atoms with Crippen molar-refractivity contribution in [3.8, 4) is 0 Å². The smallest absolute Gasteiger partial charge is 0.286 e. The molecule has 0 spiro atoms. The van der Waals surface area contributed by atoms with Crippen LogP contribution in [-0.2, 0) is 14.2 Å². The average molecular weight is 425 g/mol. The lowest BCUT2D eigenvalue weighted by molar-refractivity contribution is -0.433. The molecule has 3 heteroatoms. The molecule has 0 saturated heterocycles. The van der Waals surface area contributed by atoms with Crippen molar-refractivity contribution in [2.24, 2.45) is 5.92 Å². The fourth-order valence-electron chi connectivity index (χ4n) is 4.52. The predicted molar refractivity (Wildman–Crippen MR) is 129 cm³/mol. The maximum Gasteiger partial charge on any atom is 0.286 e. The van der Waals surface area contributed by atoms with E-state index in [1.807, 2.05) is 0 Å². The first-order valence-corrected chi connectivity index (χ1v) is 13.0. The van der Waals surface area contributed by atoms with Crippen LogP contribution in [0.25, 0.3) is 0 Å². The Morgan fingerprint density at radius 1 is 0.767 bits per heavy atom. The number of hydrogen-bond acceptors (Lipinski definition) is 3. The molecular weight excluding hydrogens is 372 g/mol. The quantitative estimate of drug-likeness (QED) is 0.133. The molecule has 3 nitrogen and oxygen atoms in total. The zero-order chi connectivity index (χ0) is 22.4. The van der Waals surface area contributed by atoms with Crippen LogP contribution in [0.4, 0.5) is 0 Å². The second-order valence-corrected chi connectivity index (χ2v) is 10.0. The third kappa shape index (κ3) is 11.3. The third-order valence-corrected chi connectivity index (χ3v) is 5.80. The largest absolute Gasteiger partial charge is 0.324 e. The van der Waals surface area contributed by atoms with Crippen LogP contribution in [0.1, 0.15) is 132 Å². The number of unbranched alkanes of at least 4 members (excludes halogenated alkanes) is 5. The van der Waals surface area contributed by atoms with Crippen LogP contribution in [0.3, 0.4) is 0 Å². The summed E-state index contributed by atoms with van der Waals surface area (Å²) in [4.78, 5) is 0. The second-order valence-electron chi connectivity index (χ2n) is 10.0. The molecule has 0 saturated carbocycles. The van der Waals surface area contributed by atoms with E-state index in [0.29, 0.717) is 0 Å². The van der Waals surface area contributed by atoms with Crippen LogP contribution in [-0.4, -0.2) is 24.3 Å². The number of hydrogen-bond donors (Lipinski definition) is 0. The highest BCUT2D eigenvalue weighted by Crippen LogP contribution is 2.38. The van der Waals surface area contributed by atoms with Crippen LogP contribution in [0.15, 0.2) is 11.6 Å². The Morgan fingerprint density at radius 3 is 1.83 bits per heavy atom. The molecule has 0 amide bonds. The maximum atomic E-state index is 6.49. The van der Waals surface area contributed by atoms with Crippen molar-refractivity contribution in [1.29, 1.82) is 0 Å². The summed E-state index contributed by atoms with van der Waals surface area (Å²) >= 11 is 0. The summed E-state index contributed by atoms with van der Waals surface area (Å²) in [7, 11) is 0. The normalized spacial score (nSPS) is 16.5. The van der Waals surface area contributed by atoms with Gasteiger partial charge in [0.25, 0.3) is 5.97 Å². The van der Waals surface area contributed by atoms with Crippen molar-refractivity contribution in [3.05, 3.63) is 11.6 Å². The van der Waals surface area contributed by atoms with Crippen LogP contribution in [0.2, 0.25) is 0 Å². The van der Waals surface area contributed by atoms with Crippen molar-refractivity contribution >= 4 is 0 Å². The first-order valence-electron chi connectivity index (χ1n) is 13.0. The highest BCUT2D eigenvalue weighted by atomic mass is 16.9. The van der Waals surface area contributed by atoms with Crippen molar-refractivity contribution in [2.75, 3.05) is 0 Å². The van der Waals surface area contributed by atoms with Crippen LogP contribution in [0, 0.1) is 5.92 Å². The summed E-state index contributed by atoms with van der Waals surface area (Å²) in [6.45, 7) is 14.8. The molecular formula is C27H52O3. The zero-order valence-electron chi connectivity index (χ0n) is 21.3. The molecule has 0 bridgehead atoms. The van der Waals surface area contributed by atoms with Gasteiger partial charge in [0.1, 0.15) is 0 Å². The highest BCUT2D eigenvalue weighted by molar-refractivity contribution is 5.05. The summed E-state index contributed by atoms with van der Waals surface area (Å²) in [6, 6.07) is 0. The fourth-order valence-corrected chi connectivity index (χ4v) is 4.52. The van der Waals surface area contributed by atoms with Gasteiger partial charge in [-0.1, -0.05) is 57.1 Å². The Balaban J connectivity index is 2.96. The molecule has 1 rings (SSSR count). The van der Waals surface area contributed by atoms with Gasteiger partial charge in [-0.2, -0.15) is 0 Å². The summed E-state index contributed by atoms with van der Waals surface area (Å²) in [5.41, 5.74) is 1.63. The van der Waals surface area contributed by atoms with E-state index in [0.717, 1.165) is 19.3 Å². The first kappa shape index (κ1) is 27.7. The molecule has 1 atom stereocenters. The lowest BCUT2D eigenvalue weighted by Crippen LogP contribution is -2.51. The summed E-state index contributed by atoms with van der Waals surface area (Å²) in [5.74, 6) is -0.700. The first-order chi connectivity index (χ1) is 14.3. The molecule has 0 aromatic heterocycles. The minimum absolute atomic E-state index is 0.0588. The summed E-state index contributed by atoms with van der Waals surface area (Å²) in [5, 5.41) is 0. The van der Waals surface area contributed by atoms with E-state index < -0.39 is 5.97 Å². The lowest BCUT2D eigenvalue weighted by Gasteiger charge is -2.43. The van der Waals surface area contributed by atoms with E-state index in [-0.39, 0.29) is 24.2 Å². The van der Waals surface area contributed by atoms with Crippen molar-refractivity contribution in [3.63, 3.8) is 0 Å². The molecule has 30 heavy (non-hydrogen) atoms. The Kier molecular flexibility index (Phi) is 14.2. The Hall–Kier alpha value is -0.380. The summed E-state index contributed by atoms with van der Waals surface area (Å²) < 4.78 is 19.5. The minimum atomic E-state index is -0.949. The second kappa shape index (κ2) is 15.4. The van der Waals surface area contributed by atoms with E-state index in [9.17, 15) is 0 Å². The van der Waals surface area contributed by atoms with Crippen molar-refractivity contribution < 1.29 is 14.2 Å². The van der Waals surface area contributed by atoms with E-state index in [1.165, 1.54) is 64.2 Å². The molecule has 1 aliphatic carbocycles. The monoisotopic (exact) mass is 424 g/mol. The molecule has 0 aromatic carbocycles. The number of ether oxygens (including phenoxy) is 3. The standard InChI is InChI=1S/C27H52O3/c1-8-9-10-11-12-16-19-26(21-20-25-17-14-13-15-18-25)27(28-22(2)3,29-23(4)5)30-24(6)7/h17,22-24,26H,8-16,18-21H2,1-7H3. The van der Waals surface area contributed by atoms with Gasteiger partial charge in [0.05, 0.1) is 18.3 Å². The molecule has 178 valence electrons. The third-order valence-electron chi connectivity index (χ3n) is 5.80. The van der Waals surface area contributed by atoms with E-state index >= 15 is 0 Å². The topological polar surface area (TPSA) is 27.7 Å². The van der Waals surface area contributed by atoms with E-state index in [4.69, 9.17) is 14.2 Å². The van der Waals surface area contributed by atoms with Crippen LogP contribution >= 0.6 is 0 Å². The van der Waals surface area contributed by atoms with Crippen LogP contribution < -0.4 is 0 Å². The van der Waals surface area contributed by atoms with Gasteiger partial charge < -0.3 is 14.2 Å². The Morgan fingerprint density at radius 2 is 1.33 bits per heavy atom. The molecule has 0 heterocycles. The molecule has 0 fully saturated rings. The van der Waals surface area contributed by atoms with Gasteiger partial charge in [-0.15, -0.1) is 0 Å². The predicted octanol–water partition coefficient (Wildman–Crippen LogP) is 8.56. The van der Waals surface area contributed by atoms with E-state index in [2.05, 4.69) is 54.5 Å². The van der Waals surface area contributed by atoms with E-state index in [1.54, 1.807) is 5.57 Å². The van der Waals surface area contributed by atoms with Gasteiger partial charge in [0.15, 0.2) is 0 Å². The molecule has 1 aliphatic rings. The van der Waals surface area contributed by atoms with Gasteiger partial charge in [-0.3, -0.25) is 0 Å². The van der Waals surface area contributed by atoms with Gasteiger partial charge in [0, 0.05) is 5.92 Å².